The van der Waals surface area contributed by atoms with Crippen LogP contribution in [0, 0.1) is 6.92 Å². The van der Waals surface area contributed by atoms with Gasteiger partial charge in [-0.1, -0.05) is 6.92 Å². The molecular weight excluding hydrogens is 224 g/mol. The van der Waals surface area contributed by atoms with Crippen LogP contribution in [0.2, 0.25) is 0 Å². The van der Waals surface area contributed by atoms with Crippen LogP contribution < -0.4 is 4.90 Å². The number of aromatic nitrogens is 3. The third-order valence-corrected chi connectivity index (χ3v) is 2.86. The largest absolute Gasteiger partial charge is 0.362 e. The first-order valence-electron chi connectivity index (χ1n) is 6.08. The van der Waals surface area contributed by atoms with Gasteiger partial charge < -0.3 is 4.90 Å². The Balaban J connectivity index is 2.55. The number of hydrogen-bond acceptors (Lipinski definition) is 4. The van der Waals surface area contributed by atoms with Crippen LogP contribution in [0.5, 0.6) is 0 Å². The van der Waals surface area contributed by atoms with Crippen LogP contribution in [-0.2, 0) is 6.42 Å². The maximum absolute atomic E-state index is 4.63. The number of rotatable bonds is 3. The Kier molecular flexibility index (Phi) is 3.55. The van der Waals surface area contributed by atoms with E-state index in [1.165, 1.54) is 0 Å². The predicted octanol–water partition coefficient (Wildman–Crippen LogP) is 2.48. The Labute approximate surface area is 108 Å². The Morgan fingerprint density at radius 1 is 1.22 bits per heavy atom. The molecule has 0 spiro atoms. The molecule has 0 saturated heterocycles. The summed E-state index contributed by atoms with van der Waals surface area (Å²) in [5.41, 5.74) is 3.20. The second-order valence-corrected chi connectivity index (χ2v) is 4.45. The molecular formula is C14H18N4. The van der Waals surface area contributed by atoms with Crippen LogP contribution in [0.1, 0.15) is 18.2 Å². The van der Waals surface area contributed by atoms with Crippen molar-refractivity contribution in [1.82, 2.24) is 15.0 Å². The number of aryl methyl sites for hydroxylation is 2. The molecule has 0 aromatic carbocycles. The van der Waals surface area contributed by atoms with Gasteiger partial charge in [0.25, 0.3) is 0 Å². The zero-order valence-corrected chi connectivity index (χ0v) is 11.3. The molecule has 0 aliphatic rings. The van der Waals surface area contributed by atoms with Gasteiger partial charge in [-0.3, -0.25) is 0 Å². The highest BCUT2D eigenvalue weighted by Gasteiger charge is 2.11. The zero-order chi connectivity index (χ0) is 13.1. The Morgan fingerprint density at radius 2 is 2.00 bits per heavy atom. The van der Waals surface area contributed by atoms with E-state index in [9.17, 15) is 0 Å². The SMILES string of the molecule is CCc1nc(-c2cccnc2N(C)C)ncc1C. The average Bonchev–Trinajstić information content (AvgIpc) is 2.39. The summed E-state index contributed by atoms with van der Waals surface area (Å²) >= 11 is 0. The first kappa shape index (κ1) is 12.5. The van der Waals surface area contributed by atoms with Crippen molar-refractivity contribution in [2.75, 3.05) is 19.0 Å². The summed E-state index contributed by atoms with van der Waals surface area (Å²) in [7, 11) is 3.95. The zero-order valence-electron chi connectivity index (χ0n) is 11.3. The molecule has 0 amide bonds. The van der Waals surface area contributed by atoms with E-state index in [0.29, 0.717) is 0 Å². The van der Waals surface area contributed by atoms with Gasteiger partial charge in [-0.05, 0) is 31.0 Å². The quantitative estimate of drug-likeness (QED) is 0.829. The maximum Gasteiger partial charge on any atom is 0.163 e. The van der Waals surface area contributed by atoms with E-state index < -0.39 is 0 Å². The molecule has 0 atom stereocenters. The Hall–Kier alpha value is -1.97. The van der Waals surface area contributed by atoms with Gasteiger partial charge in [0.1, 0.15) is 5.82 Å². The lowest BCUT2D eigenvalue weighted by Crippen LogP contribution is -2.12. The first-order chi connectivity index (χ1) is 8.63. The van der Waals surface area contributed by atoms with E-state index in [1.807, 2.05) is 44.2 Å². The predicted molar refractivity (Wildman–Crippen MR) is 73.7 cm³/mol. The minimum atomic E-state index is 0.745. The van der Waals surface area contributed by atoms with Crippen LogP contribution in [-0.4, -0.2) is 29.0 Å². The minimum Gasteiger partial charge on any atom is -0.362 e. The van der Waals surface area contributed by atoms with Crippen molar-refractivity contribution in [3.05, 3.63) is 35.8 Å². The minimum absolute atomic E-state index is 0.745. The van der Waals surface area contributed by atoms with Gasteiger partial charge in [-0.25, -0.2) is 15.0 Å². The monoisotopic (exact) mass is 242 g/mol. The number of pyridine rings is 1. The van der Waals surface area contributed by atoms with Crippen LogP contribution in [0.15, 0.2) is 24.5 Å². The summed E-state index contributed by atoms with van der Waals surface area (Å²) in [4.78, 5) is 15.4. The molecule has 0 unspecified atom stereocenters. The Bertz CT molecular complexity index is 549. The molecule has 0 aliphatic heterocycles. The van der Waals surface area contributed by atoms with Gasteiger partial charge >= 0.3 is 0 Å². The van der Waals surface area contributed by atoms with Crippen molar-refractivity contribution in [2.24, 2.45) is 0 Å². The third-order valence-electron chi connectivity index (χ3n) is 2.86. The van der Waals surface area contributed by atoms with Crippen molar-refractivity contribution in [1.29, 1.82) is 0 Å². The van der Waals surface area contributed by atoms with Crippen LogP contribution in [0.25, 0.3) is 11.4 Å². The number of nitrogens with zero attached hydrogens (tertiary/aromatic N) is 4. The second-order valence-electron chi connectivity index (χ2n) is 4.45. The van der Waals surface area contributed by atoms with E-state index in [4.69, 9.17) is 0 Å². The summed E-state index contributed by atoms with van der Waals surface area (Å²) in [6.07, 6.45) is 4.58. The molecule has 0 aliphatic carbocycles. The fraction of sp³-hybridized carbons (Fsp3) is 0.357. The smallest absolute Gasteiger partial charge is 0.163 e. The van der Waals surface area contributed by atoms with Gasteiger partial charge in [-0.2, -0.15) is 0 Å². The van der Waals surface area contributed by atoms with Crippen LogP contribution in [0.3, 0.4) is 0 Å². The molecule has 0 N–H and O–H groups in total. The van der Waals surface area contributed by atoms with Gasteiger partial charge in [0.05, 0.1) is 5.56 Å². The normalized spacial score (nSPS) is 10.4. The highest BCUT2D eigenvalue weighted by molar-refractivity contribution is 5.70. The van der Waals surface area contributed by atoms with Crippen molar-refractivity contribution in [2.45, 2.75) is 20.3 Å². The van der Waals surface area contributed by atoms with Crippen LogP contribution >= 0.6 is 0 Å². The van der Waals surface area contributed by atoms with E-state index in [1.54, 1.807) is 6.20 Å². The Morgan fingerprint density at radius 3 is 2.67 bits per heavy atom. The van der Waals surface area contributed by atoms with Gasteiger partial charge in [0.15, 0.2) is 5.82 Å². The molecule has 0 radical (unpaired) electrons. The lowest BCUT2D eigenvalue weighted by molar-refractivity contribution is 0.971. The molecule has 0 fully saturated rings. The topological polar surface area (TPSA) is 41.9 Å². The average molecular weight is 242 g/mol. The molecule has 18 heavy (non-hydrogen) atoms. The third kappa shape index (κ3) is 2.32. The van der Waals surface area contributed by atoms with Crippen molar-refractivity contribution in [3.8, 4) is 11.4 Å². The number of anilines is 1. The molecule has 94 valence electrons. The fourth-order valence-corrected chi connectivity index (χ4v) is 1.89. The molecule has 0 saturated carbocycles. The number of hydrogen-bond donors (Lipinski definition) is 0. The highest BCUT2D eigenvalue weighted by atomic mass is 15.1. The van der Waals surface area contributed by atoms with Gasteiger partial charge in [0.2, 0.25) is 0 Å². The van der Waals surface area contributed by atoms with E-state index in [-0.39, 0.29) is 0 Å². The maximum atomic E-state index is 4.63. The van der Waals surface area contributed by atoms with Gasteiger partial charge in [-0.15, -0.1) is 0 Å². The molecule has 2 rings (SSSR count). The van der Waals surface area contributed by atoms with Crippen molar-refractivity contribution >= 4 is 5.82 Å². The summed E-state index contributed by atoms with van der Waals surface area (Å²) < 4.78 is 0. The highest BCUT2D eigenvalue weighted by Crippen LogP contribution is 2.24. The van der Waals surface area contributed by atoms with E-state index in [0.717, 1.165) is 34.9 Å². The van der Waals surface area contributed by atoms with E-state index >= 15 is 0 Å². The lowest BCUT2D eigenvalue weighted by atomic mass is 10.2. The van der Waals surface area contributed by atoms with E-state index in [2.05, 4.69) is 21.9 Å². The summed E-state index contributed by atoms with van der Waals surface area (Å²) in [6, 6.07) is 3.92. The summed E-state index contributed by atoms with van der Waals surface area (Å²) in [5.74, 6) is 1.64. The van der Waals surface area contributed by atoms with Crippen molar-refractivity contribution < 1.29 is 0 Å². The van der Waals surface area contributed by atoms with Gasteiger partial charge in [0, 0.05) is 32.2 Å². The first-order valence-corrected chi connectivity index (χ1v) is 6.08. The molecule has 2 aromatic heterocycles. The van der Waals surface area contributed by atoms with Crippen molar-refractivity contribution in [3.63, 3.8) is 0 Å². The summed E-state index contributed by atoms with van der Waals surface area (Å²) in [6.45, 7) is 4.15. The fourth-order valence-electron chi connectivity index (χ4n) is 1.89. The molecule has 2 aromatic rings. The summed E-state index contributed by atoms with van der Waals surface area (Å²) in [5, 5.41) is 0. The molecule has 4 nitrogen and oxygen atoms in total. The molecule has 0 bridgehead atoms. The second kappa shape index (κ2) is 5.12. The lowest BCUT2D eigenvalue weighted by Gasteiger charge is -2.15. The molecule has 2 heterocycles. The molecule has 4 heteroatoms. The standard InChI is InChI=1S/C14H18N4/c1-5-12-10(2)9-16-13(17-12)11-7-6-8-15-14(11)18(3)4/h6-9H,5H2,1-4H3. The van der Waals surface area contributed by atoms with Crippen LogP contribution in [0.4, 0.5) is 5.82 Å².